The van der Waals surface area contributed by atoms with Gasteiger partial charge in [0.05, 0.1) is 17.1 Å². The summed E-state index contributed by atoms with van der Waals surface area (Å²) in [7, 11) is 0. The van der Waals surface area contributed by atoms with Gasteiger partial charge in [-0.1, -0.05) is 12.1 Å². The van der Waals surface area contributed by atoms with Gasteiger partial charge in [0.2, 0.25) is 5.91 Å². The summed E-state index contributed by atoms with van der Waals surface area (Å²) in [6.07, 6.45) is 1.81. The predicted molar refractivity (Wildman–Crippen MR) is 82.8 cm³/mol. The maximum Gasteiger partial charge on any atom is 0.223 e. The Labute approximate surface area is 124 Å². The van der Waals surface area contributed by atoms with Crippen LogP contribution in [0.25, 0.3) is 11.0 Å². The van der Waals surface area contributed by atoms with E-state index in [4.69, 9.17) is 0 Å². The van der Waals surface area contributed by atoms with Crippen molar-refractivity contribution in [1.82, 2.24) is 20.6 Å². The normalized spacial score (nSPS) is 23.9. The van der Waals surface area contributed by atoms with Gasteiger partial charge in [0.25, 0.3) is 0 Å². The number of amides is 1. The fourth-order valence-corrected chi connectivity index (χ4v) is 2.95. The Kier molecular flexibility index (Phi) is 3.92. The summed E-state index contributed by atoms with van der Waals surface area (Å²) in [5, 5.41) is 6.46. The smallest absolute Gasteiger partial charge is 0.223 e. The Morgan fingerprint density at radius 2 is 2.24 bits per heavy atom. The lowest BCUT2D eigenvalue weighted by molar-refractivity contribution is -0.126. The van der Waals surface area contributed by atoms with Crippen molar-refractivity contribution >= 4 is 16.9 Å². The number of imidazole rings is 1. The third-order valence-electron chi connectivity index (χ3n) is 4.17. The number of H-pyrrole nitrogens is 1. The SMILES string of the molecule is C[C@H](NC(=O)[C@H]1CCN[C@@H](C)C1)c1nc2ccccc2[nH]1. The second-order valence-electron chi connectivity index (χ2n) is 5.95. The quantitative estimate of drug-likeness (QED) is 0.809. The van der Waals surface area contributed by atoms with Crippen molar-refractivity contribution in [2.45, 2.75) is 38.8 Å². The largest absolute Gasteiger partial charge is 0.346 e. The van der Waals surface area contributed by atoms with Crippen molar-refractivity contribution in [3.8, 4) is 0 Å². The number of hydrogen-bond donors (Lipinski definition) is 3. The molecule has 5 nitrogen and oxygen atoms in total. The molecule has 3 atom stereocenters. The minimum absolute atomic E-state index is 0.102. The molecule has 21 heavy (non-hydrogen) atoms. The summed E-state index contributed by atoms with van der Waals surface area (Å²) in [5.74, 6) is 1.05. The average molecular weight is 286 g/mol. The molecule has 0 unspecified atom stereocenters. The molecule has 1 amide bonds. The van der Waals surface area contributed by atoms with Crippen LogP contribution in [0.1, 0.15) is 38.6 Å². The lowest BCUT2D eigenvalue weighted by Crippen LogP contribution is -2.43. The number of piperidine rings is 1. The van der Waals surface area contributed by atoms with Gasteiger partial charge in [-0.3, -0.25) is 4.79 Å². The monoisotopic (exact) mass is 286 g/mol. The van der Waals surface area contributed by atoms with E-state index in [2.05, 4.69) is 27.5 Å². The molecule has 3 N–H and O–H groups in total. The van der Waals surface area contributed by atoms with E-state index in [1.807, 2.05) is 31.2 Å². The van der Waals surface area contributed by atoms with Crippen LogP contribution in [0.3, 0.4) is 0 Å². The molecule has 1 aromatic carbocycles. The molecule has 0 radical (unpaired) electrons. The van der Waals surface area contributed by atoms with Crippen LogP contribution < -0.4 is 10.6 Å². The van der Waals surface area contributed by atoms with Crippen LogP contribution in [0.2, 0.25) is 0 Å². The molecule has 2 heterocycles. The van der Waals surface area contributed by atoms with Crippen LogP contribution in [0.5, 0.6) is 0 Å². The zero-order chi connectivity index (χ0) is 14.8. The summed E-state index contributed by atoms with van der Waals surface area (Å²) in [4.78, 5) is 20.2. The van der Waals surface area contributed by atoms with Crippen LogP contribution in [-0.2, 0) is 4.79 Å². The van der Waals surface area contributed by atoms with Gasteiger partial charge in [-0.15, -0.1) is 0 Å². The van der Waals surface area contributed by atoms with Gasteiger partial charge in [0, 0.05) is 12.0 Å². The molecular weight excluding hydrogens is 264 g/mol. The van der Waals surface area contributed by atoms with Gasteiger partial charge >= 0.3 is 0 Å². The van der Waals surface area contributed by atoms with E-state index in [0.717, 1.165) is 36.2 Å². The third-order valence-corrected chi connectivity index (χ3v) is 4.17. The average Bonchev–Trinajstić information content (AvgIpc) is 2.91. The van der Waals surface area contributed by atoms with Crippen molar-refractivity contribution in [3.63, 3.8) is 0 Å². The molecule has 1 fully saturated rings. The lowest BCUT2D eigenvalue weighted by Gasteiger charge is -2.28. The number of aromatic nitrogens is 2. The third kappa shape index (κ3) is 3.08. The van der Waals surface area contributed by atoms with Gasteiger partial charge in [-0.2, -0.15) is 0 Å². The van der Waals surface area contributed by atoms with Gasteiger partial charge < -0.3 is 15.6 Å². The van der Waals surface area contributed by atoms with E-state index in [9.17, 15) is 4.79 Å². The summed E-state index contributed by atoms with van der Waals surface area (Å²) in [6.45, 7) is 5.01. The van der Waals surface area contributed by atoms with Crippen LogP contribution in [0.15, 0.2) is 24.3 Å². The molecule has 5 heteroatoms. The topological polar surface area (TPSA) is 69.8 Å². The number of fused-ring (bicyclic) bond motifs is 1. The van der Waals surface area contributed by atoms with Crippen LogP contribution in [0.4, 0.5) is 0 Å². The maximum atomic E-state index is 12.4. The molecule has 2 aromatic rings. The highest BCUT2D eigenvalue weighted by Gasteiger charge is 2.26. The fourth-order valence-electron chi connectivity index (χ4n) is 2.95. The van der Waals surface area contributed by atoms with Crippen LogP contribution in [-0.4, -0.2) is 28.5 Å². The van der Waals surface area contributed by atoms with Crippen molar-refractivity contribution in [2.24, 2.45) is 5.92 Å². The molecule has 1 aromatic heterocycles. The highest BCUT2D eigenvalue weighted by Crippen LogP contribution is 2.19. The Morgan fingerprint density at radius 3 is 3.00 bits per heavy atom. The first-order chi connectivity index (χ1) is 10.1. The number of hydrogen-bond acceptors (Lipinski definition) is 3. The molecular formula is C16H22N4O. The number of carbonyl (C=O) groups is 1. The molecule has 1 aliphatic heterocycles. The zero-order valence-electron chi connectivity index (χ0n) is 12.5. The first-order valence-electron chi connectivity index (χ1n) is 7.62. The van der Waals surface area contributed by atoms with E-state index < -0.39 is 0 Å². The fraction of sp³-hybridized carbons (Fsp3) is 0.500. The summed E-state index contributed by atoms with van der Waals surface area (Å²) >= 11 is 0. The van der Waals surface area contributed by atoms with Crippen LogP contribution in [0, 0.1) is 5.92 Å². The number of benzene rings is 1. The van der Waals surface area contributed by atoms with Crippen molar-refractivity contribution in [1.29, 1.82) is 0 Å². The minimum Gasteiger partial charge on any atom is -0.346 e. The number of para-hydroxylation sites is 2. The standard InChI is InChI=1S/C16H22N4O/c1-10-9-12(7-8-17-10)16(21)18-11(2)15-19-13-5-3-4-6-14(13)20-15/h3-6,10-12,17H,7-9H2,1-2H3,(H,18,21)(H,19,20)/t10-,11-,12-/m0/s1. The summed E-state index contributed by atoms with van der Waals surface area (Å²) in [6, 6.07) is 8.22. The highest BCUT2D eigenvalue weighted by molar-refractivity contribution is 5.79. The number of nitrogens with zero attached hydrogens (tertiary/aromatic N) is 1. The minimum atomic E-state index is -0.102. The van der Waals surface area contributed by atoms with Crippen molar-refractivity contribution < 1.29 is 4.79 Å². The van der Waals surface area contributed by atoms with Gasteiger partial charge in [-0.05, 0) is 45.4 Å². The number of carbonyl (C=O) groups excluding carboxylic acids is 1. The van der Waals surface area contributed by atoms with E-state index in [0.29, 0.717) is 6.04 Å². The molecule has 1 saturated heterocycles. The van der Waals surface area contributed by atoms with Gasteiger partial charge in [0.1, 0.15) is 5.82 Å². The Hall–Kier alpha value is -1.88. The predicted octanol–water partition coefficient (Wildman–Crippen LogP) is 2.13. The number of nitrogens with one attached hydrogen (secondary N) is 3. The van der Waals surface area contributed by atoms with Crippen molar-refractivity contribution in [2.75, 3.05) is 6.54 Å². The molecule has 0 bridgehead atoms. The molecule has 112 valence electrons. The Morgan fingerprint density at radius 1 is 1.43 bits per heavy atom. The number of aromatic amines is 1. The summed E-state index contributed by atoms with van der Waals surface area (Å²) < 4.78 is 0. The van der Waals surface area contributed by atoms with Gasteiger partial charge in [-0.25, -0.2) is 4.98 Å². The van der Waals surface area contributed by atoms with Crippen LogP contribution >= 0.6 is 0 Å². The molecule has 0 aliphatic carbocycles. The molecule has 3 rings (SSSR count). The van der Waals surface area contributed by atoms with E-state index >= 15 is 0 Å². The highest BCUT2D eigenvalue weighted by atomic mass is 16.1. The van der Waals surface area contributed by atoms with E-state index in [1.165, 1.54) is 0 Å². The number of rotatable bonds is 3. The first-order valence-corrected chi connectivity index (χ1v) is 7.62. The molecule has 0 saturated carbocycles. The first kappa shape index (κ1) is 14.1. The Balaban J connectivity index is 1.67. The van der Waals surface area contributed by atoms with Gasteiger partial charge in [0.15, 0.2) is 0 Å². The molecule has 0 spiro atoms. The zero-order valence-corrected chi connectivity index (χ0v) is 12.5. The van der Waals surface area contributed by atoms with E-state index in [-0.39, 0.29) is 17.9 Å². The van der Waals surface area contributed by atoms with E-state index in [1.54, 1.807) is 0 Å². The molecule has 1 aliphatic rings. The maximum absolute atomic E-state index is 12.4. The second kappa shape index (κ2) is 5.85. The second-order valence-corrected chi connectivity index (χ2v) is 5.95. The Bertz CT molecular complexity index is 603. The summed E-state index contributed by atoms with van der Waals surface area (Å²) in [5.41, 5.74) is 1.94. The van der Waals surface area contributed by atoms with Crippen molar-refractivity contribution in [3.05, 3.63) is 30.1 Å². The lowest BCUT2D eigenvalue weighted by atomic mass is 9.92.